The molecule has 0 spiro atoms. The average Bonchev–Trinajstić information content (AvgIpc) is 2.35. The third kappa shape index (κ3) is 3.18. The van der Waals surface area contributed by atoms with Gasteiger partial charge < -0.3 is 15.1 Å². The van der Waals surface area contributed by atoms with Crippen molar-refractivity contribution >= 4 is 11.7 Å². The van der Waals surface area contributed by atoms with E-state index in [4.69, 9.17) is 10.6 Å². The summed E-state index contributed by atoms with van der Waals surface area (Å²) in [6.07, 6.45) is 1.49. The highest BCUT2D eigenvalue weighted by Crippen LogP contribution is 2.05. The van der Waals surface area contributed by atoms with Gasteiger partial charge in [-0.1, -0.05) is 0 Å². The molecule has 0 saturated heterocycles. The fraction of sp³-hybridized carbons (Fsp3) is 0.400. The maximum Gasteiger partial charge on any atom is 0.255 e. The van der Waals surface area contributed by atoms with Crippen LogP contribution >= 0.6 is 0 Å². The van der Waals surface area contributed by atoms with Gasteiger partial charge in [0, 0.05) is 26.9 Å². The minimum Gasteiger partial charge on any atom is -0.383 e. The van der Waals surface area contributed by atoms with Crippen LogP contribution in [0.15, 0.2) is 18.3 Å². The van der Waals surface area contributed by atoms with Crippen molar-refractivity contribution in [3.05, 3.63) is 23.9 Å². The molecule has 0 aliphatic rings. The van der Waals surface area contributed by atoms with Crippen molar-refractivity contribution in [1.29, 1.82) is 0 Å². The standard InChI is InChI=1S/C10H16N4O2/c1-14(5-6-16-2)10(15)8-3-4-9(13-11)12-7-8/h3-4,7H,5-6,11H2,1-2H3,(H,12,13). The molecule has 0 fully saturated rings. The molecular weight excluding hydrogens is 208 g/mol. The number of pyridine rings is 1. The summed E-state index contributed by atoms with van der Waals surface area (Å²) in [6, 6.07) is 3.32. The summed E-state index contributed by atoms with van der Waals surface area (Å²) < 4.78 is 4.90. The lowest BCUT2D eigenvalue weighted by Crippen LogP contribution is -2.30. The normalized spacial score (nSPS) is 9.94. The van der Waals surface area contributed by atoms with Crippen molar-refractivity contribution in [2.45, 2.75) is 0 Å². The van der Waals surface area contributed by atoms with Crippen LogP contribution in [0.25, 0.3) is 0 Å². The number of nitrogen functional groups attached to an aromatic ring is 1. The number of methoxy groups -OCH3 is 1. The molecule has 3 N–H and O–H groups in total. The summed E-state index contributed by atoms with van der Waals surface area (Å²) in [6.45, 7) is 1.06. The van der Waals surface area contributed by atoms with Gasteiger partial charge in [-0.15, -0.1) is 0 Å². The molecule has 16 heavy (non-hydrogen) atoms. The number of anilines is 1. The van der Waals surface area contributed by atoms with Crippen molar-refractivity contribution < 1.29 is 9.53 Å². The zero-order valence-corrected chi connectivity index (χ0v) is 9.43. The number of nitrogens with zero attached hydrogens (tertiary/aromatic N) is 2. The summed E-state index contributed by atoms with van der Waals surface area (Å²) in [7, 11) is 3.32. The molecule has 0 atom stereocenters. The number of carbonyl (C=O) groups is 1. The molecule has 0 aliphatic heterocycles. The summed E-state index contributed by atoms with van der Waals surface area (Å²) in [4.78, 5) is 17.4. The molecule has 1 amide bonds. The number of aromatic nitrogens is 1. The number of nitrogens with two attached hydrogens (primary N) is 1. The Bertz CT molecular complexity index is 339. The summed E-state index contributed by atoms with van der Waals surface area (Å²) >= 11 is 0. The second-order valence-corrected chi connectivity index (χ2v) is 3.30. The Morgan fingerprint density at radius 2 is 2.38 bits per heavy atom. The van der Waals surface area contributed by atoms with Crippen LogP contribution in [0.1, 0.15) is 10.4 Å². The van der Waals surface area contributed by atoms with E-state index in [9.17, 15) is 4.79 Å². The van der Waals surface area contributed by atoms with E-state index >= 15 is 0 Å². The predicted octanol–water partition coefficient (Wildman–Crippen LogP) is 0.0856. The Hall–Kier alpha value is -1.66. The van der Waals surface area contributed by atoms with E-state index in [0.717, 1.165) is 0 Å². The second kappa shape index (κ2) is 6.04. The van der Waals surface area contributed by atoms with Crippen molar-refractivity contribution in [2.75, 3.05) is 32.7 Å². The maximum absolute atomic E-state index is 11.8. The van der Waals surface area contributed by atoms with Gasteiger partial charge in [0.15, 0.2) is 0 Å². The highest BCUT2D eigenvalue weighted by atomic mass is 16.5. The third-order valence-electron chi connectivity index (χ3n) is 2.14. The molecule has 0 bridgehead atoms. The molecule has 1 heterocycles. The van der Waals surface area contributed by atoms with E-state index in [1.54, 1.807) is 31.2 Å². The van der Waals surface area contributed by atoms with E-state index in [0.29, 0.717) is 24.5 Å². The lowest BCUT2D eigenvalue weighted by Gasteiger charge is -2.16. The van der Waals surface area contributed by atoms with Crippen molar-refractivity contribution in [3.8, 4) is 0 Å². The lowest BCUT2D eigenvalue weighted by atomic mass is 10.2. The number of nitrogens with one attached hydrogen (secondary N) is 1. The summed E-state index contributed by atoms with van der Waals surface area (Å²) in [5.41, 5.74) is 2.93. The zero-order chi connectivity index (χ0) is 12.0. The smallest absolute Gasteiger partial charge is 0.255 e. The van der Waals surface area contributed by atoms with Gasteiger partial charge in [-0.3, -0.25) is 4.79 Å². The van der Waals surface area contributed by atoms with Crippen LogP contribution in [0.4, 0.5) is 5.82 Å². The maximum atomic E-state index is 11.8. The fourth-order valence-electron chi connectivity index (χ4n) is 1.16. The summed E-state index contributed by atoms with van der Waals surface area (Å²) in [5.74, 6) is 5.61. The topological polar surface area (TPSA) is 80.5 Å². The number of amides is 1. The number of likely N-dealkylation sites (N-methyl/N-ethyl adjacent to an activating group) is 1. The molecule has 0 radical (unpaired) electrons. The highest BCUT2D eigenvalue weighted by molar-refractivity contribution is 5.93. The van der Waals surface area contributed by atoms with E-state index in [2.05, 4.69) is 10.4 Å². The van der Waals surface area contributed by atoms with E-state index in [1.807, 2.05) is 0 Å². The van der Waals surface area contributed by atoms with E-state index in [1.165, 1.54) is 6.20 Å². The SMILES string of the molecule is COCCN(C)C(=O)c1ccc(NN)nc1. The third-order valence-corrected chi connectivity index (χ3v) is 2.14. The second-order valence-electron chi connectivity index (χ2n) is 3.30. The van der Waals surface area contributed by atoms with Gasteiger partial charge in [-0.2, -0.15) is 0 Å². The molecule has 6 heteroatoms. The minimum absolute atomic E-state index is 0.0897. The number of hydrogen-bond acceptors (Lipinski definition) is 5. The molecular formula is C10H16N4O2. The van der Waals surface area contributed by atoms with Gasteiger partial charge in [0.1, 0.15) is 5.82 Å². The molecule has 1 aromatic heterocycles. The van der Waals surface area contributed by atoms with Gasteiger partial charge in [0.25, 0.3) is 5.91 Å². The molecule has 0 unspecified atom stereocenters. The first-order valence-corrected chi connectivity index (χ1v) is 4.86. The molecule has 1 aromatic rings. The van der Waals surface area contributed by atoms with Gasteiger partial charge in [0.2, 0.25) is 0 Å². The Balaban J connectivity index is 2.64. The first-order chi connectivity index (χ1) is 7.69. The lowest BCUT2D eigenvalue weighted by molar-refractivity contribution is 0.0744. The van der Waals surface area contributed by atoms with E-state index in [-0.39, 0.29) is 5.91 Å². The van der Waals surface area contributed by atoms with Crippen LogP contribution in [0.3, 0.4) is 0 Å². The average molecular weight is 224 g/mol. The Labute approximate surface area is 94.4 Å². The highest BCUT2D eigenvalue weighted by Gasteiger charge is 2.11. The van der Waals surface area contributed by atoms with Crippen molar-refractivity contribution in [1.82, 2.24) is 9.88 Å². The number of hydrazine groups is 1. The van der Waals surface area contributed by atoms with Crippen LogP contribution in [0.5, 0.6) is 0 Å². The summed E-state index contributed by atoms with van der Waals surface area (Å²) in [5, 5.41) is 0. The van der Waals surface area contributed by atoms with Crippen LogP contribution in [0, 0.1) is 0 Å². The number of rotatable bonds is 5. The van der Waals surface area contributed by atoms with Crippen molar-refractivity contribution in [2.24, 2.45) is 5.84 Å². The van der Waals surface area contributed by atoms with Gasteiger partial charge in [-0.05, 0) is 12.1 Å². The molecule has 6 nitrogen and oxygen atoms in total. The minimum atomic E-state index is -0.0897. The first-order valence-electron chi connectivity index (χ1n) is 4.86. The molecule has 0 aliphatic carbocycles. The molecule has 0 aromatic carbocycles. The molecule has 88 valence electrons. The largest absolute Gasteiger partial charge is 0.383 e. The number of carbonyl (C=O) groups excluding carboxylic acids is 1. The van der Waals surface area contributed by atoms with Gasteiger partial charge >= 0.3 is 0 Å². The van der Waals surface area contributed by atoms with Crippen molar-refractivity contribution in [3.63, 3.8) is 0 Å². The fourth-order valence-corrected chi connectivity index (χ4v) is 1.16. The van der Waals surface area contributed by atoms with Crippen LogP contribution in [0.2, 0.25) is 0 Å². The quantitative estimate of drug-likeness (QED) is 0.547. The van der Waals surface area contributed by atoms with E-state index < -0.39 is 0 Å². The Kier molecular flexibility index (Phi) is 4.68. The zero-order valence-electron chi connectivity index (χ0n) is 9.43. The number of ether oxygens (including phenoxy) is 1. The molecule has 1 rings (SSSR count). The van der Waals surface area contributed by atoms with Crippen LogP contribution < -0.4 is 11.3 Å². The van der Waals surface area contributed by atoms with Gasteiger partial charge in [-0.25, -0.2) is 10.8 Å². The predicted molar refractivity (Wildman–Crippen MR) is 60.9 cm³/mol. The van der Waals surface area contributed by atoms with Crippen LogP contribution in [-0.4, -0.2) is 43.1 Å². The molecule has 0 saturated carbocycles. The monoisotopic (exact) mass is 224 g/mol. The van der Waals surface area contributed by atoms with Gasteiger partial charge in [0.05, 0.1) is 12.2 Å². The Morgan fingerprint density at radius 3 is 2.88 bits per heavy atom. The van der Waals surface area contributed by atoms with Crippen LogP contribution in [-0.2, 0) is 4.74 Å². The Morgan fingerprint density at radius 1 is 1.62 bits per heavy atom. The first kappa shape index (κ1) is 12.4. The number of hydrogen-bond donors (Lipinski definition) is 2.